The fourth-order valence-corrected chi connectivity index (χ4v) is 5.15. The summed E-state index contributed by atoms with van der Waals surface area (Å²) in [7, 11) is 3.19. The Labute approximate surface area is 229 Å². The van der Waals surface area contributed by atoms with E-state index in [1.54, 1.807) is 38.4 Å². The maximum Gasteiger partial charge on any atom is 0.335 e. The SMILES string of the molecule is COc1cc(/C=C2/SC(=Nc3cccc(C(=O)O)c3)N(C)C2=O)cc(Br)c1OCc1ccc(Br)cc1. The molecule has 1 saturated heterocycles. The second-order valence-corrected chi connectivity index (χ2v) is 10.5. The molecule has 7 nitrogen and oxygen atoms in total. The van der Waals surface area contributed by atoms with Crippen LogP contribution in [0.2, 0.25) is 0 Å². The zero-order valence-electron chi connectivity index (χ0n) is 19.2. The molecule has 10 heteroatoms. The Kier molecular flexibility index (Phi) is 8.17. The normalized spacial score (nSPS) is 15.6. The standard InChI is InChI=1S/C26H20Br2N2O5S/c1-30-24(31)22(36-26(30)29-19-5-3-4-17(13-19)25(32)33)12-16-10-20(28)23(21(11-16)34-2)35-14-15-6-8-18(27)9-7-15/h3-13H,14H2,1-2H3,(H,32,33)/b22-12+,29-26?. The molecule has 1 heterocycles. The molecule has 0 aliphatic carbocycles. The molecule has 0 unspecified atom stereocenters. The Hall–Kier alpha value is -3.08. The first kappa shape index (κ1) is 26.0. The molecule has 1 N–H and O–H groups in total. The van der Waals surface area contributed by atoms with Gasteiger partial charge in [0.2, 0.25) is 0 Å². The largest absolute Gasteiger partial charge is 0.493 e. The van der Waals surface area contributed by atoms with Crippen molar-refractivity contribution in [3.05, 3.63) is 91.2 Å². The highest BCUT2D eigenvalue weighted by Crippen LogP contribution is 2.39. The van der Waals surface area contributed by atoms with Crippen molar-refractivity contribution >= 4 is 72.4 Å². The topological polar surface area (TPSA) is 88.4 Å². The zero-order valence-corrected chi connectivity index (χ0v) is 23.2. The summed E-state index contributed by atoms with van der Waals surface area (Å²) in [6, 6.07) is 17.8. The van der Waals surface area contributed by atoms with Gasteiger partial charge in [-0.15, -0.1) is 0 Å². The number of halogens is 2. The highest BCUT2D eigenvalue weighted by Gasteiger charge is 2.30. The number of nitrogens with zero attached hydrogens (tertiary/aromatic N) is 2. The summed E-state index contributed by atoms with van der Waals surface area (Å²) >= 11 is 8.20. The van der Waals surface area contributed by atoms with Crippen LogP contribution < -0.4 is 9.47 Å². The van der Waals surface area contributed by atoms with Crippen molar-refractivity contribution in [3.8, 4) is 11.5 Å². The Bertz CT molecular complexity index is 1390. The number of hydrogen-bond donors (Lipinski definition) is 1. The smallest absolute Gasteiger partial charge is 0.335 e. The minimum atomic E-state index is -1.04. The summed E-state index contributed by atoms with van der Waals surface area (Å²) in [5.74, 6) is -0.161. The van der Waals surface area contributed by atoms with Gasteiger partial charge in [0.25, 0.3) is 5.91 Å². The summed E-state index contributed by atoms with van der Waals surface area (Å²) < 4.78 is 13.2. The van der Waals surface area contributed by atoms with Crippen LogP contribution in [0.15, 0.2) is 79.5 Å². The van der Waals surface area contributed by atoms with E-state index in [-0.39, 0.29) is 11.5 Å². The fourth-order valence-electron chi connectivity index (χ4n) is 3.32. The number of aliphatic imine (C=N–C) groups is 1. The lowest BCUT2D eigenvalue weighted by atomic mass is 10.1. The first-order valence-corrected chi connectivity index (χ1v) is 13.0. The van der Waals surface area contributed by atoms with Gasteiger partial charge in [-0.05, 0) is 87.4 Å². The molecule has 0 saturated carbocycles. The summed E-state index contributed by atoms with van der Waals surface area (Å²) in [6.07, 6.45) is 1.76. The highest BCUT2D eigenvalue weighted by atomic mass is 79.9. The number of likely N-dealkylation sites (N-methyl/N-ethyl adjacent to an activating group) is 1. The molecule has 3 aromatic carbocycles. The van der Waals surface area contributed by atoms with Crippen molar-refractivity contribution < 1.29 is 24.2 Å². The third kappa shape index (κ3) is 6.00. The molecule has 4 rings (SSSR count). The van der Waals surface area contributed by atoms with E-state index in [1.165, 1.54) is 28.8 Å². The molecule has 1 aliphatic rings. The van der Waals surface area contributed by atoms with Crippen LogP contribution in [0.25, 0.3) is 6.08 Å². The second-order valence-electron chi connectivity index (χ2n) is 7.67. The number of hydrogen-bond acceptors (Lipinski definition) is 6. The van der Waals surface area contributed by atoms with E-state index in [4.69, 9.17) is 9.47 Å². The van der Waals surface area contributed by atoms with Crippen LogP contribution in [-0.4, -0.2) is 41.2 Å². The van der Waals surface area contributed by atoms with Gasteiger partial charge < -0.3 is 14.6 Å². The lowest BCUT2D eigenvalue weighted by molar-refractivity contribution is -0.121. The lowest BCUT2D eigenvalue weighted by Gasteiger charge is -2.14. The number of aromatic carboxylic acids is 1. The van der Waals surface area contributed by atoms with Crippen LogP contribution >= 0.6 is 43.6 Å². The maximum atomic E-state index is 12.9. The van der Waals surface area contributed by atoms with E-state index >= 15 is 0 Å². The van der Waals surface area contributed by atoms with E-state index in [2.05, 4.69) is 36.9 Å². The molecule has 3 aromatic rings. The number of thioether (sulfide) groups is 1. The fraction of sp³-hybridized carbons (Fsp3) is 0.115. The van der Waals surface area contributed by atoms with E-state index in [1.807, 2.05) is 30.3 Å². The third-order valence-corrected chi connectivity index (χ3v) is 7.35. The number of rotatable bonds is 7. The Morgan fingerprint density at radius 2 is 1.89 bits per heavy atom. The van der Waals surface area contributed by atoms with Gasteiger partial charge in [0.05, 0.1) is 27.7 Å². The van der Waals surface area contributed by atoms with Gasteiger partial charge >= 0.3 is 5.97 Å². The number of carbonyl (C=O) groups is 2. The van der Waals surface area contributed by atoms with Crippen LogP contribution in [-0.2, 0) is 11.4 Å². The highest BCUT2D eigenvalue weighted by molar-refractivity contribution is 9.10. The Balaban J connectivity index is 1.57. The second kappa shape index (κ2) is 11.3. The van der Waals surface area contributed by atoms with Gasteiger partial charge in [-0.25, -0.2) is 9.79 Å². The van der Waals surface area contributed by atoms with Crippen molar-refractivity contribution in [2.75, 3.05) is 14.2 Å². The van der Waals surface area contributed by atoms with Gasteiger partial charge in [-0.2, -0.15) is 0 Å². The number of amides is 1. The molecule has 184 valence electrons. The predicted molar refractivity (Wildman–Crippen MR) is 148 cm³/mol. The summed E-state index contributed by atoms with van der Waals surface area (Å²) in [5.41, 5.74) is 2.34. The van der Waals surface area contributed by atoms with Crippen molar-refractivity contribution in [2.45, 2.75) is 6.61 Å². The minimum Gasteiger partial charge on any atom is -0.493 e. The number of ether oxygens (including phenoxy) is 2. The number of carboxylic acids is 1. The molecular weight excluding hydrogens is 612 g/mol. The molecular formula is C26H20Br2N2O5S. The first-order chi connectivity index (χ1) is 17.2. The number of amidine groups is 1. The number of carboxylic acid groups (broad SMARTS) is 1. The van der Waals surface area contributed by atoms with Crippen molar-refractivity contribution in [1.29, 1.82) is 0 Å². The van der Waals surface area contributed by atoms with Crippen molar-refractivity contribution in [1.82, 2.24) is 4.90 Å². The van der Waals surface area contributed by atoms with Crippen LogP contribution in [0.4, 0.5) is 5.69 Å². The van der Waals surface area contributed by atoms with Crippen molar-refractivity contribution in [3.63, 3.8) is 0 Å². The molecule has 0 spiro atoms. The zero-order chi connectivity index (χ0) is 25.8. The molecule has 0 bridgehead atoms. The van der Waals surface area contributed by atoms with E-state index < -0.39 is 5.97 Å². The van der Waals surface area contributed by atoms with Gasteiger partial charge in [-0.3, -0.25) is 9.69 Å². The van der Waals surface area contributed by atoms with E-state index in [0.29, 0.717) is 38.3 Å². The molecule has 1 aliphatic heterocycles. The van der Waals surface area contributed by atoms with Crippen LogP contribution in [0, 0.1) is 0 Å². The van der Waals surface area contributed by atoms with Crippen LogP contribution in [0.1, 0.15) is 21.5 Å². The summed E-state index contributed by atoms with van der Waals surface area (Å²) in [4.78, 5) is 30.5. The molecule has 1 amide bonds. The van der Waals surface area contributed by atoms with Crippen LogP contribution in [0.5, 0.6) is 11.5 Å². The first-order valence-electron chi connectivity index (χ1n) is 10.6. The summed E-state index contributed by atoms with van der Waals surface area (Å²) in [5, 5.41) is 9.66. The minimum absolute atomic E-state index is 0.129. The predicted octanol–water partition coefficient (Wildman–Crippen LogP) is 6.73. The van der Waals surface area contributed by atoms with E-state index in [0.717, 1.165) is 15.6 Å². The molecule has 0 aromatic heterocycles. The monoisotopic (exact) mass is 630 g/mol. The molecule has 0 radical (unpaired) electrons. The Morgan fingerprint density at radius 1 is 1.14 bits per heavy atom. The van der Waals surface area contributed by atoms with Gasteiger partial charge in [0.15, 0.2) is 16.7 Å². The number of benzene rings is 3. The lowest BCUT2D eigenvalue weighted by Crippen LogP contribution is -2.23. The molecule has 1 fully saturated rings. The Morgan fingerprint density at radius 3 is 2.58 bits per heavy atom. The van der Waals surface area contributed by atoms with Gasteiger partial charge in [-0.1, -0.05) is 34.1 Å². The number of methoxy groups -OCH3 is 1. The molecule has 0 atom stereocenters. The number of carbonyl (C=O) groups excluding carboxylic acids is 1. The average Bonchev–Trinajstić information content (AvgIpc) is 3.11. The third-order valence-electron chi connectivity index (χ3n) is 5.17. The van der Waals surface area contributed by atoms with Gasteiger partial charge in [0.1, 0.15) is 6.61 Å². The van der Waals surface area contributed by atoms with Crippen molar-refractivity contribution in [2.24, 2.45) is 4.99 Å². The van der Waals surface area contributed by atoms with Gasteiger partial charge in [0, 0.05) is 11.5 Å². The quantitative estimate of drug-likeness (QED) is 0.291. The molecule has 36 heavy (non-hydrogen) atoms. The van der Waals surface area contributed by atoms with Crippen LogP contribution in [0.3, 0.4) is 0 Å². The summed E-state index contributed by atoms with van der Waals surface area (Å²) in [6.45, 7) is 0.366. The maximum absolute atomic E-state index is 12.9. The average molecular weight is 632 g/mol. The van der Waals surface area contributed by atoms with E-state index in [9.17, 15) is 14.7 Å².